The van der Waals surface area contributed by atoms with Crippen LogP contribution in [0.3, 0.4) is 0 Å². The zero-order chi connectivity index (χ0) is 26.2. The summed E-state index contributed by atoms with van der Waals surface area (Å²) in [6.45, 7) is 1.12. The van der Waals surface area contributed by atoms with Crippen LogP contribution < -0.4 is 15.0 Å². The third kappa shape index (κ3) is 4.13. The van der Waals surface area contributed by atoms with Crippen molar-refractivity contribution in [2.45, 2.75) is 12.0 Å². The minimum Gasteiger partial charge on any atom is -0.488 e. The maximum absolute atomic E-state index is 16.0. The van der Waals surface area contributed by atoms with Gasteiger partial charge in [-0.15, -0.1) is 0 Å². The standard InChI is InChI=1S/C27H23ClF2N2O5/c28-24-19(29)12-20-18(13-27(14-31-8-9-32(20)27)16-4-2-1-3-5-16)22(24)23-17(26(35)37-15-34)6-7-21(25(23)30)36-11-10-33/h1-7,12,15,31,33H,8-11,13-14H2. The Hall–Kier alpha value is -3.53. The van der Waals surface area contributed by atoms with Gasteiger partial charge in [0.05, 0.1) is 22.7 Å². The van der Waals surface area contributed by atoms with E-state index in [9.17, 15) is 9.59 Å². The lowest BCUT2D eigenvalue weighted by Crippen LogP contribution is -2.57. The number of rotatable bonds is 7. The van der Waals surface area contributed by atoms with Gasteiger partial charge in [0.2, 0.25) is 0 Å². The number of aliphatic hydroxyl groups is 1. The first kappa shape index (κ1) is 25.1. The number of nitrogens with one attached hydrogen (secondary N) is 1. The van der Waals surface area contributed by atoms with E-state index >= 15 is 8.78 Å². The second-order valence-electron chi connectivity index (χ2n) is 8.82. The van der Waals surface area contributed by atoms with Crippen molar-refractivity contribution in [1.29, 1.82) is 0 Å². The van der Waals surface area contributed by atoms with Crippen molar-refractivity contribution >= 4 is 29.7 Å². The predicted octanol–water partition coefficient (Wildman–Crippen LogP) is 3.83. The van der Waals surface area contributed by atoms with Crippen molar-refractivity contribution in [3.63, 3.8) is 0 Å². The molecule has 2 N–H and O–H groups in total. The molecule has 1 fully saturated rings. The Bertz CT molecular complexity index is 1370. The van der Waals surface area contributed by atoms with Gasteiger partial charge >= 0.3 is 12.4 Å². The number of hydrogen-bond donors (Lipinski definition) is 2. The number of ether oxygens (including phenoxy) is 2. The largest absolute Gasteiger partial charge is 0.488 e. The first-order valence-electron chi connectivity index (χ1n) is 11.7. The molecule has 1 unspecified atom stereocenters. The molecular formula is C27H23ClF2N2O5. The normalized spacial score (nSPS) is 18.2. The molecule has 0 saturated carbocycles. The lowest BCUT2D eigenvalue weighted by atomic mass is 9.83. The van der Waals surface area contributed by atoms with Crippen LogP contribution in [-0.4, -0.2) is 50.4 Å². The average molecular weight is 529 g/mol. The third-order valence-electron chi connectivity index (χ3n) is 6.90. The highest BCUT2D eigenvalue weighted by Gasteiger charge is 2.48. The van der Waals surface area contributed by atoms with Gasteiger partial charge in [0, 0.05) is 42.9 Å². The second-order valence-corrected chi connectivity index (χ2v) is 9.20. The summed E-state index contributed by atoms with van der Waals surface area (Å²) in [6, 6.07) is 13.5. The molecular weight excluding hydrogens is 506 g/mol. The van der Waals surface area contributed by atoms with Crippen LogP contribution in [0.4, 0.5) is 14.5 Å². The van der Waals surface area contributed by atoms with Crippen LogP contribution in [0.5, 0.6) is 5.75 Å². The van der Waals surface area contributed by atoms with Crippen LogP contribution in [0.15, 0.2) is 48.5 Å². The number of aliphatic hydroxyl groups excluding tert-OH is 1. The smallest absolute Gasteiger partial charge is 0.346 e. The Morgan fingerprint density at radius 1 is 1.19 bits per heavy atom. The number of hydrogen-bond acceptors (Lipinski definition) is 7. The fourth-order valence-electron chi connectivity index (χ4n) is 5.38. The van der Waals surface area contributed by atoms with Crippen molar-refractivity contribution in [1.82, 2.24) is 5.32 Å². The van der Waals surface area contributed by atoms with E-state index in [2.05, 4.69) is 15.0 Å². The van der Waals surface area contributed by atoms with Crippen LogP contribution in [-0.2, 0) is 21.5 Å². The first-order valence-corrected chi connectivity index (χ1v) is 12.1. The van der Waals surface area contributed by atoms with Gasteiger partial charge in [0.25, 0.3) is 0 Å². The number of benzene rings is 3. The number of piperazine rings is 1. The molecule has 2 aliphatic heterocycles. The lowest BCUT2D eigenvalue weighted by molar-refractivity contribution is -0.123. The number of nitrogens with zero attached hydrogens (tertiary/aromatic N) is 1. The maximum atomic E-state index is 16.0. The number of anilines is 1. The van der Waals surface area contributed by atoms with Gasteiger partial charge in [-0.3, -0.25) is 4.79 Å². The highest BCUT2D eigenvalue weighted by atomic mass is 35.5. The fourth-order valence-corrected chi connectivity index (χ4v) is 5.64. The van der Waals surface area contributed by atoms with Gasteiger partial charge < -0.3 is 24.8 Å². The topological polar surface area (TPSA) is 88.1 Å². The molecule has 2 aliphatic rings. The van der Waals surface area contributed by atoms with Crippen LogP contribution in [0, 0.1) is 11.6 Å². The van der Waals surface area contributed by atoms with E-state index in [1.165, 1.54) is 18.2 Å². The summed E-state index contributed by atoms with van der Waals surface area (Å²) in [6.07, 6.45) is 0.345. The molecule has 192 valence electrons. The summed E-state index contributed by atoms with van der Waals surface area (Å²) < 4.78 is 41.2. The lowest BCUT2D eigenvalue weighted by Gasteiger charge is -2.45. The van der Waals surface area contributed by atoms with E-state index in [-0.39, 0.29) is 47.1 Å². The number of carbonyl (C=O) groups is 2. The maximum Gasteiger partial charge on any atom is 0.346 e. The molecule has 2 heterocycles. The number of halogens is 3. The molecule has 7 nitrogen and oxygen atoms in total. The van der Waals surface area contributed by atoms with Crippen molar-refractivity contribution < 1.29 is 33.0 Å². The SMILES string of the molecule is O=COC(=O)c1ccc(OCCO)c(F)c1-c1c(Cl)c(F)cc2c1CC1(c3ccccc3)CNCCN21. The highest BCUT2D eigenvalue weighted by molar-refractivity contribution is 6.34. The third-order valence-corrected chi connectivity index (χ3v) is 7.27. The van der Waals surface area contributed by atoms with Gasteiger partial charge in [0.15, 0.2) is 11.6 Å². The second kappa shape index (κ2) is 10.1. The molecule has 10 heteroatoms. The van der Waals surface area contributed by atoms with Crippen LogP contribution in [0.2, 0.25) is 5.02 Å². The Morgan fingerprint density at radius 3 is 2.70 bits per heavy atom. The van der Waals surface area contributed by atoms with E-state index < -0.39 is 23.1 Å². The monoisotopic (exact) mass is 528 g/mol. The highest BCUT2D eigenvalue weighted by Crippen LogP contribution is 2.52. The predicted molar refractivity (Wildman–Crippen MR) is 133 cm³/mol. The van der Waals surface area contributed by atoms with E-state index in [1.54, 1.807) is 0 Å². The van der Waals surface area contributed by atoms with Gasteiger partial charge in [-0.2, -0.15) is 0 Å². The molecule has 0 radical (unpaired) electrons. The first-order chi connectivity index (χ1) is 17.9. The van der Waals surface area contributed by atoms with Crippen LogP contribution >= 0.6 is 11.6 Å². The molecule has 0 amide bonds. The van der Waals surface area contributed by atoms with Gasteiger partial charge in [-0.25, -0.2) is 13.6 Å². The number of carbonyl (C=O) groups excluding carboxylic acids is 2. The Balaban J connectivity index is 1.78. The zero-order valence-electron chi connectivity index (χ0n) is 19.6. The zero-order valence-corrected chi connectivity index (χ0v) is 20.4. The molecule has 5 rings (SSSR count). The van der Waals surface area contributed by atoms with E-state index in [0.29, 0.717) is 37.3 Å². The molecule has 0 bridgehead atoms. The van der Waals surface area contributed by atoms with Gasteiger partial charge in [-0.1, -0.05) is 41.9 Å². The number of esters is 1. The summed E-state index contributed by atoms with van der Waals surface area (Å²) in [7, 11) is 0. The van der Waals surface area contributed by atoms with Crippen LogP contribution in [0.1, 0.15) is 21.5 Å². The van der Waals surface area contributed by atoms with Crippen molar-refractivity contribution in [2.75, 3.05) is 37.7 Å². The van der Waals surface area contributed by atoms with Crippen LogP contribution in [0.25, 0.3) is 11.1 Å². The summed E-state index contributed by atoms with van der Waals surface area (Å²) in [5.74, 6) is -3.16. The molecule has 0 aliphatic carbocycles. The van der Waals surface area contributed by atoms with Gasteiger partial charge in [-0.05, 0) is 29.3 Å². The van der Waals surface area contributed by atoms with Gasteiger partial charge in [0.1, 0.15) is 12.4 Å². The molecule has 1 saturated heterocycles. The van der Waals surface area contributed by atoms with Crippen molar-refractivity contribution in [3.05, 3.63) is 81.9 Å². The summed E-state index contributed by atoms with van der Waals surface area (Å²) in [5.41, 5.74) is 0.827. The Labute approximate surface area is 216 Å². The van der Waals surface area contributed by atoms with E-state index in [1.807, 2.05) is 30.3 Å². The molecule has 3 aromatic carbocycles. The summed E-state index contributed by atoms with van der Waals surface area (Å²) in [5, 5.41) is 12.2. The fraction of sp³-hybridized carbons (Fsp3) is 0.259. The summed E-state index contributed by atoms with van der Waals surface area (Å²) in [4.78, 5) is 25.7. The molecule has 0 spiro atoms. The minimum absolute atomic E-state index is 0.00818. The van der Waals surface area contributed by atoms with Crippen molar-refractivity contribution in [2.24, 2.45) is 0 Å². The number of fused-ring (bicyclic) bond motifs is 3. The molecule has 0 aromatic heterocycles. The van der Waals surface area contributed by atoms with E-state index in [0.717, 1.165) is 5.56 Å². The van der Waals surface area contributed by atoms with E-state index in [4.69, 9.17) is 21.4 Å². The Morgan fingerprint density at radius 2 is 1.97 bits per heavy atom. The molecule has 37 heavy (non-hydrogen) atoms. The quantitative estimate of drug-likeness (QED) is 0.274. The summed E-state index contributed by atoms with van der Waals surface area (Å²) >= 11 is 6.50. The molecule has 3 aromatic rings. The molecule has 1 atom stereocenters. The van der Waals surface area contributed by atoms with Crippen molar-refractivity contribution in [3.8, 4) is 16.9 Å². The minimum atomic E-state index is -1.12. The Kier molecular flexibility index (Phi) is 6.85. The average Bonchev–Trinajstić information content (AvgIpc) is 3.24.